The Balaban J connectivity index is 1.59. The van der Waals surface area contributed by atoms with Gasteiger partial charge in [0.1, 0.15) is 12.0 Å². The number of likely N-dealkylation sites (tertiary alicyclic amines) is 2. The molecule has 0 radical (unpaired) electrons. The van der Waals surface area contributed by atoms with E-state index in [4.69, 9.17) is 4.99 Å². The second kappa shape index (κ2) is 5.67. The number of aromatic amines is 1. The predicted molar refractivity (Wildman–Crippen MR) is 90.3 cm³/mol. The number of hydrogen-bond acceptors (Lipinski definition) is 4. The van der Waals surface area contributed by atoms with Gasteiger partial charge in [-0.2, -0.15) is 0 Å². The minimum Gasteiger partial charge on any atom is -0.348 e. The molecule has 4 heterocycles. The summed E-state index contributed by atoms with van der Waals surface area (Å²) in [6, 6.07) is 2.12. The molecule has 1 aromatic heterocycles. The van der Waals surface area contributed by atoms with Gasteiger partial charge in [0.05, 0.1) is 6.34 Å². The number of nitrogens with one attached hydrogen (secondary N) is 2. The lowest BCUT2D eigenvalue weighted by Gasteiger charge is -2.54. The number of rotatable bonds is 3. The number of fused-ring (bicyclic) bond motifs is 2. The van der Waals surface area contributed by atoms with Gasteiger partial charge < -0.3 is 15.2 Å². The van der Waals surface area contributed by atoms with Crippen LogP contribution in [0.1, 0.15) is 37.9 Å². The van der Waals surface area contributed by atoms with Crippen LogP contribution in [0.4, 0.5) is 5.82 Å². The summed E-state index contributed by atoms with van der Waals surface area (Å²) >= 11 is 0. The average molecular weight is 315 g/mol. The Morgan fingerprint density at radius 1 is 1.39 bits per heavy atom. The molecule has 6 heteroatoms. The van der Waals surface area contributed by atoms with Gasteiger partial charge >= 0.3 is 0 Å². The van der Waals surface area contributed by atoms with Crippen molar-refractivity contribution in [2.45, 2.75) is 32.4 Å². The van der Waals surface area contributed by atoms with Gasteiger partial charge in [-0.05, 0) is 31.2 Å². The summed E-state index contributed by atoms with van der Waals surface area (Å²) in [5, 5.41) is 3.18. The highest BCUT2D eigenvalue weighted by Gasteiger charge is 2.47. The monoisotopic (exact) mass is 315 g/mol. The highest BCUT2D eigenvalue weighted by atomic mass is 16.1. The minimum absolute atomic E-state index is 0.0912. The molecule has 1 amide bonds. The number of H-pyrrole nitrogens is 1. The first-order valence-corrected chi connectivity index (χ1v) is 8.64. The van der Waals surface area contributed by atoms with Gasteiger partial charge in [-0.25, -0.2) is 0 Å². The van der Waals surface area contributed by atoms with Gasteiger partial charge in [-0.3, -0.25) is 14.7 Å². The maximum absolute atomic E-state index is 11.3. The smallest absolute Gasteiger partial charge is 0.209 e. The number of carbonyl (C=O) groups excluding carboxylic acids is 1. The number of carbonyl (C=O) groups is 1. The molecule has 2 N–H and O–H groups in total. The fourth-order valence-electron chi connectivity index (χ4n) is 4.75. The van der Waals surface area contributed by atoms with Crippen molar-refractivity contribution >= 4 is 18.6 Å². The predicted octanol–water partition coefficient (Wildman–Crippen LogP) is 2.05. The fourth-order valence-corrected chi connectivity index (χ4v) is 4.75. The van der Waals surface area contributed by atoms with E-state index in [0.29, 0.717) is 0 Å². The molecule has 0 bridgehead atoms. The van der Waals surface area contributed by atoms with Crippen LogP contribution in [0.25, 0.3) is 0 Å². The van der Waals surface area contributed by atoms with Crippen LogP contribution in [0.3, 0.4) is 0 Å². The zero-order valence-electron chi connectivity index (χ0n) is 13.7. The Hall–Kier alpha value is -1.82. The van der Waals surface area contributed by atoms with E-state index in [0.717, 1.165) is 57.2 Å². The molecular weight excluding hydrogens is 290 g/mol. The first kappa shape index (κ1) is 14.8. The fraction of sp³-hybridized carbons (Fsp3) is 0.647. The van der Waals surface area contributed by atoms with E-state index in [1.54, 1.807) is 6.34 Å². The summed E-state index contributed by atoms with van der Waals surface area (Å²) in [5.41, 5.74) is 1.44. The zero-order valence-corrected chi connectivity index (χ0v) is 13.7. The number of piperidine rings is 2. The van der Waals surface area contributed by atoms with E-state index in [9.17, 15) is 4.79 Å². The highest BCUT2D eigenvalue weighted by molar-refractivity contribution is 5.78. The topological polar surface area (TPSA) is 63.7 Å². The van der Waals surface area contributed by atoms with Crippen LogP contribution in [0.5, 0.6) is 0 Å². The molecule has 4 rings (SSSR count). The summed E-state index contributed by atoms with van der Waals surface area (Å²) in [4.78, 5) is 23.7. The number of aromatic nitrogens is 1. The minimum atomic E-state index is 0.0912. The molecule has 1 unspecified atom stereocenters. The molecule has 0 saturated carbocycles. The number of amides is 1. The number of aliphatic imine (C=N–C) groups is 1. The van der Waals surface area contributed by atoms with Crippen LogP contribution >= 0.6 is 0 Å². The van der Waals surface area contributed by atoms with Crippen LogP contribution < -0.4 is 5.32 Å². The van der Waals surface area contributed by atoms with Gasteiger partial charge in [0.2, 0.25) is 6.41 Å². The molecule has 3 aliphatic heterocycles. The zero-order chi connectivity index (χ0) is 15.9. The second-order valence-corrected chi connectivity index (χ2v) is 7.14. The molecule has 1 aromatic rings. The molecule has 0 aliphatic carbocycles. The Kier molecular flexibility index (Phi) is 3.64. The third-order valence-electron chi connectivity index (χ3n) is 6.11. The third kappa shape index (κ3) is 2.36. The van der Waals surface area contributed by atoms with Crippen LogP contribution in [0.15, 0.2) is 17.3 Å². The van der Waals surface area contributed by atoms with Crippen molar-refractivity contribution in [2.24, 2.45) is 16.3 Å². The number of nitrogens with zero attached hydrogens (tertiary/aromatic N) is 3. The Morgan fingerprint density at radius 3 is 3.09 bits per heavy atom. The molecule has 2 saturated heterocycles. The second-order valence-electron chi connectivity index (χ2n) is 7.14. The highest BCUT2D eigenvalue weighted by Crippen LogP contribution is 2.46. The van der Waals surface area contributed by atoms with Crippen molar-refractivity contribution in [3.8, 4) is 0 Å². The molecule has 3 aliphatic rings. The van der Waals surface area contributed by atoms with Crippen molar-refractivity contribution in [3.63, 3.8) is 0 Å². The van der Waals surface area contributed by atoms with Crippen molar-refractivity contribution in [3.05, 3.63) is 17.8 Å². The lowest BCUT2D eigenvalue weighted by atomic mass is 9.65. The van der Waals surface area contributed by atoms with Gasteiger partial charge in [0.15, 0.2) is 0 Å². The van der Waals surface area contributed by atoms with Crippen LogP contribution in [0.2, 0.25) is 0 Å². The Morgan fingerprint density at radius 2 is 2.26 bits per heavy atom. The van der Waals surface area contributed by atoms with Crippen molar-refractivity contribution in [2.75, 3.05) is 31.5 Å². The maximum atomic E-state index is 11.3. The quantitative estimate of drug-likeness (QED) is 0.839. The summed E-state index contributed by atoms with van der Waals surface area (Å²) < 4.78 is 0. The molecule has 6 nitrogen and oxygen atoms in total. The maximum Gasteiger partial charge on any atom is 0.209 e. The molecule has 124 valence electrons. The third-order valence-corrected chi connectivity index (χ3v) is 6.11. The van der Waals surface area contributed by atoms with E-state index in [1.807, 2.05) is 11.1 Å². The van der Waals surface area contributed by atoms with Gasteiger partial charge in [0, 0.05) is 43.4 Å². The van der Waals surface area contributed by atoms with Crippen LogP contribution in [-0.2, 0) is 4.79 Å². The first-order chi connectivity index (χ1) is 11.3. The molecule has 0 aromatic carbocycles. The van der Waals surface area contributed by atoms with E-state index in [-0.39, 0.29) is 11.6 Å². The van der Waals surface area contributed by atoms with E-state index in [1.165, 1.54) is 12.0 Å². The first-order valence-electron chi connectivity index (χ1n) is 8.64. The van der Waals surface area contributed by atoms with Crippen LogP contribution in [-0.4, -0.2) is 53.7 Å². The molecular formula is C17H25N5O. The molecule has 23 heavy (non-hydrogen) atoms. The van der Waals surface area contributed by atoms with Crippen molar-refractivity contribution in [1.82, 2.24) is 14.8 Å². The SMILES string of the molecule is CC[C@]12CN(C=O)CC[C@H]1CCN(C1N=CNc3[nH]ccc31)C2. The molecule has 0 spiro atoms. The van der Waals surface area contributed by atoms with Gasteiger partial charge in [0.25, 0.3) is 0 Å². The number of anilines is 1. The Labute approximate surface area is 136 Å². The normalized spacial score (nSPS) is 33.7. The summed E-state index contributed by atoms with van der Waals surface area (Å²) in [7, 11) is 0. The summed E-state index contributed by atoms with van der Waals surface area (Å²) in [5.74, 6) is 1.78. The largest absolute Gasteiger partial charge is 0.348 e. The lowest BCUT2D eigenvalue weighted by molar-refractivity contribution is -0.126. The lowest BCUT2D eigenvalue weighted by Crippen LogP contribution is -2.57. The van der Waals surface area contributed by atoms with E-state index < -0.39 is 0 Å². The van der Waals surface area contributed by atoms with Crippen molar-refractivity contribution in [1.29, 1.82) is 0 Å². The summed E-state index contributed by atoms with van der Waals surface area (Å²) in [6.45, 7) is 6.19. The van der Waals surface area contributed by atoms with E-state index >= 15 is 0 Å². The molecule has 2 fully saturated rings. The van der Waals surface area contributed by atoms with Gasteiger partial charge in [-0.1, -0.05) is 6.92 Å². The number of hydrogen-bond donors (Lipinski definition) is 2. The molecule has 3 atom stereocenters. The standard InChI is InChI=1S/C17H25N5O/c1-2-17-9-21(12-23)7-4-13(17)5-8-22(10-17)16-14-3-6-18-15(14)19-11-20-16/h3,6,11-13,16,18H,2,4-5,7-10H2,1H3,(H,19,20)/t13-,16?,17+/m0/s1. The van der Waals surface area contributed by atoms with Gasteiger partial charge in [-0.15, -0.1) is 0 Å². The van der Waals surface area contributed by atoms with E-state index in [2.05, 4.69) is 28.2 Å². The summed E-state index contributed by atoms with van der Waals surface area (Å²) in [6.07, 6.45) is 8.36. The average Bonchev–Trinajstić information content (AvgIpc) is 3.09. The Bertz CT molecular complexity index is 612. The van der Waals surface area contributed by atoms with Crippen molar-refractivity contribution < 1.29 is 4.79 Å². The van der Waals surface area contributed by atoms with Crippen LogP contribution in [0, 0.1) is 11.3 Å².